The minimum Gasteiger partial charge on any atom is -0.322 e. The van der Waals surface area contributed by atoms with Gasteiger partial charge in [-0.05, 0) is 55.7 Å². The summed E-state index contributed by atoms with van der Waals surface area (Å²) in [5.41, 5.74) is 5.96. The number of hydrogen-bond acceptors (Lipinski definition) is 3. The molecule has 0 aliphatic carbocycles. The number of rotatable bonds is 2. The van der Waals surface area contributed by atoms with E-state index in [2.05, 4.69) is 5.32 Å². The molecule has 0 saturated heterocycles. The monoisotopic (exact) mass is 406 g/mol. The van der Waals surface area contributed by atoms with Gasteiger partial charge in [-0.1, -0.05) is 36.4 Å². The van der Waals surface area contributed by atoms with Gasteiger partial charge in [0.25, 0.3) is 15.9 Å². The van der Waals surface area contributed by atoms with Crippen LogP contribution in [0.4, 0.5) is 11.4 Å². The van der Waals surface area contributed by atoms with E-state index < -0.39 is 10.0 Å². The lowest BCUT2D eigenvalue weighted by Gasteiger charge is -2.31. The third-order valence-electron chi connectivity index (χ3n) is 5.41. The van der Waals surface area contributed by atoms with E-state index >= 15 is 0 Å². The number of anilines is 2. The van der Waals surface area contributed by atoms with Crippen molar-refractivity contribution in [2.24, 2.45) is 0 Å². The standard InChI is InChI=1S/C23H22N2O3S/c1-14-8-7-9-15(2)21(14)24-23(26)17-12-16(3)22-19(13-17)18-10-5-6-11-20(18)29(27,28)25(22)4/h5-13H,1-4H3,(H,24,26). The Hall–Kier alpha value is -3.12. The summed E-state index contributed by atoms with van der Waals surface area (Å²) in [6, 6.07) is 16.3. The first-order valence-corrected chi connectivity index (χ1v) is 10.8. The fourth-order valence-electron chi connectivity index (χ4n) is 3.91. The van der Waals surface area contributed by atoms with Crippen LogP contribution in [0.25, 0.3) is 11.1 Å². The van der Waals surface area contributed by atoms with Crippen LogP contribution in [-0.4, -0.2) is 21.4 Å². The van der Waals surface area contributed by atoms with E-state index in [9.17, 15) is 13.2 Å². The summed E-state index contributed by atoms with van der Waals surface area (Å²) in [6.45, 7) is 5.74. The predicted octanol–water partition coefficient (Wildman–Crippen LogP) is 4.67. The second kappa shape index (κ2) is 6.74. The molecule has 3 aromatic carbocycles. The molecule has 3 aromatic rings. The highest BCUT2D eigenvalue weighted by atomic mass is 32.2. The molecule has 29 heavy (non-hydrogen) atoms. The molecule has 4 rings (SSSR count). The molecule has 0 bridgehead atoms. The molecule has 1 N–H and O–H groups in total. The maximum Gasteiger partial charge on any atom is 0.264 e. The van der Waals surface area contributed by atoms with Crippen molar-refractivity contribution in [1.82, 2.24) is 0 Å². The minimum absolute atomic E-state index is 0.220. The molecule has 0 unspecified atom stereocenters. The fourth-order valence-corrected chi connectivity index (χ4v) is 5.40. The molecular weight excluding hydrogens is 384 g/mol. The van der Waals surface area contributed by atoms with Gasteiger partial charge in [0.2, 0.25) is 0 Å². The van der Waals surface area contributed by atoms with Crippen molar-refractivity contribution in [3.05, 3.63) is 76.9 Å². The first kappa shape index (κ1) is 19.2. The molecule has 0 saturated carbocycles. The minimum atomic E-state index is -3.62. The van der Waals surface area contributed by atoms with Crippen LogP contribution in [0.2, 0.25) is 0 Å². The Morgan fingerprint density at radius 1 is 0.862 bits per heavy atom. The fraction of sp³-hybridized carbons (Fsp3) is 0.174. The highest BCUT2D eigenvalue weighted by molar-refractivity contribution is 7.93. The Bertz CT molecular complexity index is 1240. The smallest absolute Gasteiger partial charge is 0.264 e. The van der Waals surface area contributed by atoms with E-state index in [1.807, 2.05) is 45.0 Å². The lowest BCUT2D eigenvalue weighted by Crippen LogP contribution is -2.31. The highest BCUT2D eigenvalue weighted by Crippen LogP contribution is 2.44. The van der Waals surface area contributed by atoms with Crippen LogP contribution in [-0.2, 0) is 10.0 Å². The summed E-state index contributed by atoms with van der Waals surface area (Å²) in [6.07, 6.45) is 0. The lowest BCUT2D eigenvalue weighted by atomic mass is 9.96. The molecule has 0 aromatic heterocycles. The van der Waals surface area contributed by atoms with Crippen LogP contribution < -0.4 is 9.62 Å². The number of carbonyl (C=O) groups is 1. The lowest BCUT2D eigenvalue weighted by molar-refractivity contribution is 0.102. The first-order chi connectivity index (χ1) is 13.7. The second-order valence-corrected chi connectivity index (χ2v) is 9.32. The number of fused-ring (bicyclic) bond motifs is 3. The Morgan fingerprint density at radius 2 is 1.52 bits per heavy atom. The molecule has 1 heterocycles. The SMILES string of the molecule is Cc1cccc(C)c1NC(=O)c1cc(C)c2c(c1)-c1ccccc1S(=O)(=O)N2C. The van der Waals surface area contributed by atoms with Crippen LogP contribution in [0.1, 0.15) is 27.0 Å². The molecule has 1 aliphatic heterocycles. The quantitative estimate of drug-likeness (QED) is 0.673. The largest absolute Gasteiger partial charge is 0.322 e. The van der Waals surface area contributed by atoms with E-state index in [0.717, 1.165) is 27.9 Å². The molecule has 1 amide bonds. The molecule has 0 atom stereocenters. The zero-order valence-corrected chi connectivity index (χ0v) is 17.6. The van der Waals surface area contributed by atoms with Crippen molar-refractivity contribution in [2.45, 2.75) is 25.7 Å². The molecule has 0 radical (unpaired) electrons. The summed E-state index contributed by atoms with van der Waals surface area (Å²) in [7, 11) is -2.07. The Kier molecular flexibility index (Phi) is 4.46. The summed E-state index contributed by atoms with van der Waals surface area (Å²) < 4.78 is 27.1. The van der Waals surface area contributed by atoms with E-state index in [1.54, 1.807) is 37.4 Å². The summed E-state index contributed by atoms with van der Waals surface area (Å²) >= 11 is 0. The normalized spacial score (nSPS) is 14.1. The molecule has 0 fully saturated rings. The number of nitrogens with one attached hydrogen (secondary N) is 1. The highest BCUT2D eigenvalue weighted by Gasteiger charge is 2.34. The third-order valence-corrected chi connectivity index (χ3v) is 7.23. The number of para-hydroxylation sites is 1. The van der Waals surface area contributed by atoms with Gasteiger partial charge in [0.05, 0.1) is 10.6 Å². The number of hydrogen-bond donors (Lipinski definition) is 1. The van der Waals surface area contributed by atoms with Crippen LogP contribution in [0.5, 0.6) is 0 Å². The Morgan fingerprint density at radius 3 is 2.21 bits per heavy atom. The zero-order valence-electron chi connectivity index (χ0n) is 16.8. The summed E-state index contributed by atoms with van der Waals surface area (Å²) in [4.78, 5) is 13.3. The summed E-state index contributed by atoms with van der Waals surface area (Å²) in [5.74, 6) is -0.220. The molecule has 6 heteroatoms. The van der Waals surface area contributed by atoms with Gasteiger partial charge in [-0.3, -0.25) is 9.10 Å². The predicted molar refractivity (Wildman–Crippen MR) is 116 cm³/mol. The van der Waals surface area contributed by atoms with Crippen molar-refractivity contribution in [3.8, 4) is 11.1 Å². The van der Waals surface area contributed by atoms with Crippen LogP contribution in [0.15, 0.2) is 59.5 Å². The van der Waals surface area contributed by atoms with Crippen molar-refractivity contribution in [1.29, 1.82) is 0 Å². The molecule has 148 valence electrons. The van der Waals surface area contributed by atoms with Crippen molar-refractivity contribution >= 4 is 27.3 Å². The average Bonchev–Trinajstić information content (AvgIpc) is 2.68. The van der Waals surface area contributed by atoms with Gasteiger partial charge in [0.1, 0.15) is 0 Å². The van der Waals surface area contributed by atoms with Crippen molar-refractivity contribution in [3.63, 3.8) is 0 Å². The third kappa shape index (κ3) is 3.00. The molecule has 1 aliphatic rings. The van der Waals surface area contributed by atoms with Crippen LogP contribution in [0.3, 0.4) is 0 Å². The van der Waals surface area contributed by atoms with Crippen LogP contribution >= 0.6 is 0 Å². The van der Waals surface area contributed by atoms with Crippen molar-refractivity contribution in [2.75, 3.05) is 16.7 Å². The number of amides is 1. The molecule has 0 spiro atoms. The average molecular weight is 407 g/mol. The second-order valence-electron chi connectivity index (χ2n) is 7.38. The van der Waals surface area contributed by atoms with E-state index in [-0.39, 0.29) is 10.8 Å². The Balaban J connectivity index is 1.85. The van der Waals surface area contributed by atoms with Gasteiger partial charge in [-0.25, -0.2) is 8.42 Å². The van der Waals surface area contributed by atoms with Gasteiger partial charge in [0, 0.05) is 29.4 Å². The number of sulfonamides is 1. The van der Waals surface area contributed by atoms with E-state index in [4.69, 9.17) is 0 Å². The topological polar surface area (TPSA) is 66.5 Å². The maximum absolute atomic E-state index is 13.0. The molecule has 5 nitrogen and oxygen atoms in total. The zero-order chi connectivity index (χ0) is 20.9. The number of benzene rings is 3. The Labute approximate surface area is 171 Å². The summed E-state index contributed by atoms with van der Waals surface area (Å²) in [5, 5.41) is 3.01. The van der Waals surface area contributed by atoms with E-state index in [1.165, 1.54) is 4.31 Å². The van der Waals surface area contributed by atoms with Gasteiger partial charge >= 0.3 is 0 Å². The maximum atomic E-state index is 13.0. The number of carbonyl (C=O) groups excluding carboxylic acids is 1. The van der Waals surface area contributed by atoms with Gasteiger partial charge in [-0.2, -0.15) is 0 Å². The number of nitrogens with zero attached hydrogens (tertiary/aromatic N) is 1. The van der Waals surface area contributed by atoms with E-state index in [0.29, 0.717) is 16.8 Å². The first-order valence-electron chi connectivity index (χ1n) is 9.32. The van der Waals surface area contributed by atoms with Gasteiger partial charge in [0.15, 0.2) is 0 Å². The van der Waals surface area contributed by atoms with Gasteiger partial charge in [-0.15, -0.1) is 0 Å². The van der Waals surface area contributed by atoms with Crippen molar-refractivity contribution < 1.29 is 13.2 Å². The number of aryl methyl sites for hydroxylation is 3. The van der Waals surface area contributed by atoms with Crippen LogP contribution in [0, 0.1) is 20.8 Å². The molecular formula is C23H22N2O3S. The van der Waals surface area contributed by atoms with Gasteiger partial charge < -0.3 is 5.32 Å².